The molecule has 0 aromatic carbocycles. The van der Waals surface area contributed by atoms with E-state index in [1.165, 1.54) is 17.7 Å². The van der Waals surface area contributed by atoms with Gasteiger partial charge in [0.05, 0.1) is 18.8 Å². The summed E-state index contributed by atoms with van der Waals surface area (Å²) < 4.78 is 43.8. The summed E-state index contributed by atoms with van der Waals surface area (Å²) in [6, 6.07) is 1.82. The van der Waals surface area contributed by atoms with Crippen molar-refractivity contribution in [2.45, 2.75) is 37.8 Å². The van der Waals surface area contributed by atoms with Crippen LogP contribution < -0.4 is 0 Å². The Kier molecular flexibility index (Phi) is 6.98. The summed E-state index contributed by atoms with van der Waals surface area (Å²) in [5.74, 6) is 0.321. The average molecular weight is 388 g/mol. The molecule has 1 atom stereocenters. The van der Waals surface area contributed by atoms with Crippen LogP contribution in [0.5, 0.6) is 0 Å². The van der Waals surface area contributed by atoms with E-state index in [1.54, 1.807) is 6.20 Å². The lowest BCUT2D eigenvalue weighted by Gasteiger charge is -2.17. The maximum atomic E-state index is 12.7. The van der Waals surface area contributed by atoms with Gasteiger partial charge in [-0.15, -0.1) is 0 Å². The first-order chi connectivity index (χ1) is 13.5. The zero-order valence-corrected chi connectivity index (χ0v) is 15.5. The highest BCUT2D eigenvalue weighted by Crippen LogP contribution is 2.33. The second-order valence-electron chi connectivity index (χ2n) is 6.68. The molecular formula is C22H23F3N2O. The summed E-state index contributed by atoms with van der Waals surface area (Å²) in [5, 5.41) is 0. The normalized spacial score (nSPS) is 19.3. The van der Waals surface area contributed by atoms with Crippen LogP contribution in [0.4, 0.5) is 13.2 Å². The van der Waals surface area contributed by atoms with Gasteiger partial charge >= 0.3 is 6.18 Å². The fourth-order valence-corrected chi connectivity index (χ4v) is 3.03. The van der Waals surface area contributed by atoms with E-state index in [2.05, 4.69) is 28.2 Å². The van der Waals surface area contributed by atoms with E-state index in [1.807, 2.05) is 18.2 Å². The lowest BCUT2D eigenvalue weighted by molar-refractivity contribution is -0.0886. The fraction of sp³-hybridized carbons (Fsp3) is 0.364. The van der Waals surface area contributed by atoms with Gasteiger partial charge in [0.1, 0.15) is 5.82 Å². The maximum absolute atomic E-state index is 12.7. The van der Waals surface area contributed by atoms with Gasteiger partial charge in [-0.3, -0.25) is 0 Å². The molecule has 0 N–H and O–H groups in total. The molecule has 0 bridgehead atoms. The van der Waals surface area contributed by atoms with Gasteiger partial charge in [0.15, 0.2) is 0 Å². The minimum atomic E-state index is -4.30. The van der Waals surface area contributed by atoms with Crippen LogP contribution in [0.2, 0.25) is 0 Å². The number of aromatic nitrogens is 2. The average Bonchev–Trinajstić information content (AvgIpc) is 2.96. The van der Waals surface area contributed by atoms with Crippen LogP contribution in [0, 0.1) is 0 Å². The van der Waals surface area contributed by atoms with Gasteiger partial charge < -0.3 is 4.74 Å². The van der Waals surface area contributed by atoms with Crippen LogP contribution in [-0.2, 0) is 11.2 Å². The number of ether oxygens (including phenoxy) is 1. The summed E-state index contributed by atoms with van der Waals surface area (Å²) in [5.41, 5.74) is 1.49. The van der Waals surface area contributed by atoms with Crippen molar-refractivity contribution >= 4 is 0 Å². The van der Waals surface area contributed by atoms with Crippen LogP contribution in [0.1, 0.15) is 36.7 Å². The summed E-state index contributed by atoms with van der Waals surface area (Å²) >= 11 is 0. The minimum Gasteiger partial charge on any atom is -0.381 e. The Bertz CT molecular complexity index is 819. The minimum absolute atomic E-state index is 0.227. The second kappa shape index (κ2) is 9.64. The fourth-order valence-electron chi connectivity index (χ4n) is 3.03. The molecule has 3 nitrogen and oxygen atoms in total. The first-order valence-electron chi connectivity index (χ1n) is 9.40. The zero-order chi connectivity index (χ0) is 19.8. The number of nitrogens with zero attached hydrogens (tertiary/aromatic N) is 2. The molecule has 1 unspecified atom stereocenters. The van der Waals surface area contributed by atoms with Gasteiger partial charge in [0, 0.05) is 24.2 Å². The molecule has 148 valence electrons. The van der Waals surface area contributed by atoms with Crippen molar-refractivity contribution in [3.8, 4) is 0 Å². The lowest BCUT2D eigenvalue weighted by Crippen LogP contribution is -2.14. The van der Waals surface area contributed by atoms with Crippen molar-refractivity contribution in [1.82, 2.24) is 9.97 Å². The van der Waals surface area contributed by atoms with Crippen molar-refractivity contribution in [1.29, 1.82) is 0 Å². The molecule has 28 heavy (non-hydrogen) atoms. The van der Waals surface area contributed by atoms with Crippen LogP contribution in [0.15, 0.2) is 72.0 Å². The van der Waals surface area contributed by atoms with Crippen LogP contribution in [-0.4, -0.2) is 29.4 Å². The second-order valence-corrected chi connectivity index (χ2v) is 6.68. The molecule has 0 fully saturated rings. The molecular weight excluding hydrogens is 365 g/mol. The van der Waals surface area contributed by atoms with E-state index in [4.69, 9.17) is 4.74 Å². The Balaban J connectivity index is 1.45. The third-order valence-corrected chi connectivity index (χ3v) is 4.60. The van der Waals surface area contributed by atoms with Crippen molar-refractivity contribution in [3.63, 3.8) is 0 Å². The first-order valence-corrected chi connectivity index (χ1v) is 9.40. The van der Waals surface area contributed by atoms with Gasteiger partial charge in [-0.2, -0.15) is 13.2 Å². The predicted octanol–water partition coefficient (Wildman–Crippen LogP) is 5.40. The molecule has 1 aromatic rings. The summed E-state index contributed by atoms with van der Waals surface area (Å²) in [6.07, 6.45) is 14.4. The number of alkyl halides is 3. The van der Waals surface area contributed by atoms with Gasteiger partial charge in [-0.1, -0.05) is 48.6 Å². The highest BCUT2D eigenvalue weighted by atomic mass is 19.4. The summed E-state index contributed by atoms with van der Waals surface area (Å²) in [6.45, 7) is 1.19. The molecule has 0 amide bonds. The summed E-state index contributed by atoms with van der Waals surface area (Å²) in [4.78, 5) is 8.73. The van der Waals surface area contributed by atoms with E-state index in [0.717, 1.165) is 24.6 Å². The smallest absolute Gasteiger partial charge is 0.381 e. The van der Waals surface area contributed by atoms with Crippen molar-refractivity contribution in [3.05, 3.63) is 83.5 Å². The molecule has 0 radical (unpaired) electrons. The standard InChI is InChI=1S/C22H23F3N2O/c23-22(24,25)19-9-7-18(8-10-19)21-26-14-11-20(27-21)13-16-28-15-12-17-5-3-1-2-4-6-17/h1-3,5-7,9-11,14,18H,4,8,12-13,15-16H2. The highest BCUT2D eigenvalue weighted by molar-refractivity contribution is 5.31. The third kappa shape index (κ3) is 6.02. The topological polar surface area (TPSA) is 35.0 Å². The number of allylic oxidation sites excluding steroid dienone is 9. The Hall–Kier alpha value is -2.47. The van der Waals surface area contributed by atoms with Crippen LogP contribution in [0.25, 0.3) is 0 Å². The number of hydrogen-bond acceptors (Lipinski definition) is 3. The number of rotatable bonds is 7. The SMILES string of the molecule is FC(F)(F)C1=CCC(c2nccc(CCOCCC3=CCC=CC=C3)n2)C=C1. The predicted molar refractivity (Wildman–Crippen MR) is 103 cm³/mol. The number of hydrogen-bond donors (Lipinski definition) is 0. The maximum Gasteiger partial charge on any atom is 0.416 e. The van der Waals surface area contributed by atoms with E-state index < -0.39 is 11.7 Å². The van der Waals surface area contributed by atoms with Crippen molar-refractivity contribution in [2.24, 2.45) is 0 Å². The Labute approximate surface area is 163 Å². The molecule has 6 heteroatoms. The van der Waals surface area contributed by atoms with Gasteiger partial charge in [0.2, 0.25) is 0 Å². The Morgan fingerprint density at radius 2 is 1.93 bits per heavy atom. The third-order valence-electron chi connectivity index (χ3n) is 4.60. The van der Waals surface area contributed by atoms with E-state index in [-0.39, 0.29) is 12.3 Å². The molecule has 1 aromatic heterocycles. The van der Waals surface area contributed by atoms with Crippen molar-refractivity contribution in [2.75, 3.05) is 13.2 Å². The lowest BCUT2D eigenvalue weighted by atomic mass is 9.95. The van der Waals surface area contributed by atoms with E-state index in [9.17, 15) is 13.2 Å². The van der Waals surface area contributed by atoms with Crippen LogP contribution >= 0.6 is 0 Å². The zero-order valence-electron chi connectivity index (χ0n) is 15.5. The van der Waals surface area contributed by atoms with Crippen molar-refractivity contribution < 1.29 is 17.9 Å². The highest BCUT2D eigenvalue weighted by Gasteiger charge is 2.33. The first kappa shape index (κ1) is 20.3. The van der Waals surface area contributed by atoms with Gasteiger partial charge in [-0.25, -0.2) is 9.97 Å². The largest absolute Gasteiger partial charge is 0.416 e. The quantitative estimate of drug-likeness (QED) is 0.587. The number of halogens is 3. The van der Waals surface area contributed by atoms with Gasteiger partial charge in [-0.05, 0) is 30.9 Å². The van der Waals surface area contributed by atoms with Gasteiger partial charge in [0.25, 0.3) is 0 Å². The molecule has 0 saturated heterocycles. The molecule has 2 aliphatic rings. The molecule has 0 saturated carbocycles. The molecule has 2 aliphatic carbocycles. The van der Waals surface area contributed by atoms with E-state index in [0.29, 0.717) is 25.5 Å². The summed E-state index contributed by atoms with van der Waals surface area (Å²) in [7, 11) is 0. The molecule has 0 spiro atoms. The monoisotopic (exact) mass is 388 g/mol. The Morgan fingerprint density at radius 1 is 1.07 bits per heavy atom. The van der Waals surface area contributed by atoms with Crippen LogP contribution in [0.3, 0.4) is 0 Å². The molecule has 1 heterocycles. The Morgan fingerprint density at radius 3 is 2.71 bits per heavy atom. The molecule has 0 aliphatic heterocycles. The molecule has 3 rings (SSSR count). The van der Waals surface area contributed by atoms with E-state index >= 15 is 0 Å².